The number of nitrogens with zero attached hydrogens (tertiary/aromatic N) is 2. The van der Waals surface area contributed by atoms with Crippen LogP contribution in [0.15, 0.2) is 30.5 Å². The van der Waals surface area contributed by atoms with Crippen molar-refractivity contribution in [3.63, 3.8) is 0 Å². The number of hydrogen-bond donors (Lipinski definition) is 1. The third-order valence-corrected chi connectivity index (χ3v) is 4.49. The summed E-state index contributed by atoms with van der Waals surface area (Å²) in [5.41, 5.74) is 0.916. The Kier molecular flexibility index (Phi) is 5.78. The number of rotatable bonds is 5. The molecule has 1 aromatic carbocycles. The minimum Gasteiger partial charge on any atom is -0.474 e. The molecule has 7 heteroatoms. The van der Waals surface area contributed by atoms with E-state index in [9.17, 15) is 9.18 Å². The van der Waals surface area contributed by atoms with Gasteiger partial charge < -0.3 is 9.47 Å². The predicted octanol–water partition coefficient (Wildman–Crippen LogP) is 3.51. The summed E-state index contributed by atoms with van der Waals surface area (Å²) in [4.78, 5) is 20.7. The molecule has 3 rings (SSSR count). The standard InChI is InChI=1S/C19H22FN3O3/c1-12-10-13(20)6-7-16(12)18(24)23-19-21-9-8-17(22-19)26-15-5-3-4-14(11-15)25-2/h6-10,14-15H,3-5,11H2,1-2H3,(H,21,22,23,24)/t14-,15+/m1/s1. The van der Waals surface area contributed by atoms with Gasteiger partial charge >= 0.3 is 0 Å². The van der Waals surface area contributed by atoms with Crippen molar-refractivity contribution < 1.29 is 18.7 Å². The Bertz CT molecular complexity index is 784. The Balaban J connectivity index is 1.66. The summed E-state index contributed by atoms with van der Waals surface area (Å²) in [5.74, 6) is -0.215. The number of benzene rings is 1. The number of carbonyl (C=O) groups excluding carboxylic acids is 1. The number of carbonyl (C=O) groups is 1. The van der Waals surface area contributed by atoms with E-state index in [2.05, 4.69) is 15.3 Å². The smallest absolute Gasteiger partial charge is 0.258 e. The number of aryl methyl sites for hydroxylation is 1. The summed E-state index contributed by atoms with van der Waals surface area (Å²) in [6.07, 6.45) is 5.62. The van der Waals surface area contributed by atoms with Crippen molar-refractivity contribution in [3.8, 4) is 5.88 Å². The average Bonchev–Trinajstić information content (AvgIpc) is 2.62. The van der Waals surface area contributed by atoms with Crippen LogP contribution in [-0.4, -0.2) is 35.2 Å². The monoisotopic (exact) mass is 359 g/mol. The summed E-state index contributed by atoms with van der Waals surface area (Å²) in [5, 5.41) is 2.63. The van der Waals surface area contributed by atoms with Gasteiger partial charge in [0, 0.05) is 31.4 Å². The Morgan fingerprint density at radius 3 is 2.85 bits per heavy atom. The van der Waals surface area contributed by atoms with Crippen molar-refractivity contribution in [3.05, 3.63) is 47.4 Å². The van der Waals surface area contributed by atoms with Crippen molar-refractivity contribution in [1.82, 2.24) is 9.97 Å². The maximum atomic E-state index is 13.2. The lowest BCUT2D eigenvalue weighted by Crippen LogP contribution is -2.29. The highest BCUT2D eigenvalue weighted by Gasteiger charge is 2.23. The lowest BCUT2D eigenvalue weighted by Gasteiger charge is -2.28. The minimum atomic E-state index is -0.392. The molecule has 0 unspecified atom stereocenters. The van der Waals surface area contributed by atoms with Gasteiger partial charge in [-0.2, -0.15) is 4.98 Å². The Morgan fingerprint density at radius 1 is 1.27 bits per heavy atom. The van der Waals surface area contributed by atoms with Crippen molar-refractivity contribution in [2.75, 3.05) is 12.4 Å². The Hall–Kier alpha value is -2.54. The number of nitrogens with one attached hydrogen (secondary N) is 1. The fourth-order valence-electron chi connectivity index (χ4n) is 3.11. The molecule has 2 aromatic rings. The molecule has 1 aromatic heterocycles. The van der Waals surface area contributed by atoms with E-state index in [1.807, 2.05) is 0 Å². The number of anilines is 1. The second-order valence-corrected chi connectivity index (χ2v) is 6.40. The van der Waals surface area contributed by atoms with Gasteiger partial charge in [0.05, 0.1) is 6.10 Å². The van der Waals surface area contributed by atoms with Crippen molar-refractivity contribution in [1.29, 1.82) is 0 Å². The average molecular weight is 359 g/mol. The van der Waals surface area contributed by atoms with Gasteiger partial charge in [0.2, 0.25) is 11.8 Å². The van der Waals surface area contributed by atoms with E-state index in [1.165, 1.54) is 24.4 Å². The quantitative estimate of drug-likeness (QED) is 0.884. The number of ether oxygens (including phenoxy) is 2. The first-order valence-corrected chi connectivity index (χ1v) is 8.65. The lowest BCUT2D eigenvalue weighted by atomic mass is 9.95. The van der Waals surface area contributed by atoms with E-state index in [1.54, 1.807) is 20.1 Å². The first-order chi connectivity index (χ1) is 12.5. The third kappa shape index (κ3) is 4.54. The highest BCUT2D eigenvalue weighted by molar-refractivity contribution is 6.04. The molecule has 0 radical (unpaired) electrons. The number of methoxy groups -OCH3 is 1. The maximum Gasteiger partial charge on any atom is 0.258 e. The summed E-state index contributed by atoms with van der Waals surface area (Å²) < 4.78 is 24.5. The maximum absolute atomic E-state index is 13.2. The van der Waals surface area contributed by atoms with Crippen LogP contribution < -0.4 is 10.1 Å². The van der Waals surface area contributed by atoms with Crippen LogP contribution in [-0.2, 0) is 4.74 Å². The van der Waals surface area contributed by atoms with Crippen LogP contribution in [0.1, 0.15) is 41.6 Å². The second kappa shape index (κ2) is 8.23. The zero-order chi connectivity index (χ0) is 18.5. The van der Waals surface area contributed by atoms with Crippen LogP contribution >= 0.6 is 0 Å². The lowest BCUT2D eigenvalue weighted by molar-refractivity contribution is 0.0195. The SMILES string of the molecule is CO[C@@H]1CCC[C@H](Oc2ccnc(NC(=O)c3ccc(F)cc3C)n2)C1. The van der Waals surface area contributed by atoms with Gasteiger partial charge in [-0.1, -0.05) is 0 Å². The van der Waals surface area contributed by atoms with Crippen molar-refractivity contribution in [2.45, 2.75) is 44.8 Å². The molecule has 1 N–H and O–H groups in total. The normalized spacial score (nSPS) is 19.8. The van der Waals surface area contributed by atoms with Gasteiger partial charge in [-0.3, -0.25) is 10.1 Å². The molecule has 1 saturated carbocycles. The molecule has 2 atom stereocenters. The minimum absolute atomic E-state index is 0.0338. The molecular weight excluding hydrogens is 337 g/mol. The Labute approximate surface area is 151 Å². The highest BCUT2D eigenvalue weighted by Crippen LogP contribution is 2.24. The van der Waals surface area contributed by atoms with Crippen molar-refractivity contribution >= 4 is 11.9 Å². The highest BCUT2D eigenvalue weighted by atomic mass is 19.1. The summed E-state index contributed by atoms with van der Waals surface area (Å²) in [7, 11) is 1.71. The molecule has 1 aliphatic rings. The Morgan fingerprint density at radius 2 is 2.08 bits per heavy atom. The predicted molar refractivity (Wildman–Crippen MR) is 94.8 cm³/mol. The zero-order valence-corrected chi connectivity index (χ0v) is 14.9. The van der Waals surface area contributed by atoms with Gasteiger partial charge in [0.15, 0.2) is 0 Å². The van der Waals surface area contributed by atoms with Crippen LogP contribution in [0.4, 0.5) is 10.3 Å². The van der Waals surface area contributed by atoms with E-state index in [0.29, 0.717) is 17.0 Å². The van der Waals surface area contributed by atoms with E-state index in [4.69, 9.17) is 9.47 Å². The molecule has 1 amide bonds. The van der Waals surface area contributed by atoms with Gasteiger partial charge in [-0.05, 0) is 49.9 Å². The van der Waals surface area contributed by atoms with Crippen LogP contribution in [0.2, 0.25) is 0 Å². The van der Waals surface area contributed by atoms with Gasteiger partial charge in [-0.15, -0.1) is 0 Å². The van der Waals surface area contributed by atoms with Crippen LogP contribution in [0.3, 0.4) is 0 Å². The first kappa shape index (κ1) is 18.3. The first-order valence-electron chi connectivity index (χ1n) is 8.65. The van der Waals surface area contributed by atoms with Gasteiger partial charge in [-0.25, -0.2) is 9.37 Å². The molecule has 1 heterocycles. The van der Waals surface area contributed by atoms with Crippen molar-refractivity contribution in [2.24, 2.45) is 0 Å². The number of aromatic nitrogens is 2. The second-order valence-electron chi connectivity index (χ2n) is 6.40. The summed E-state index contributed by atoms with van der Waals surface area (Å²) >= 11 is 0. The fourth-order valence-corrected chi connectivity index (χ4v) is 3.11. The number of halogens is 1. The molecule has 1 aliphatic carbocycles. The number of hydrogen-bond acceptors (Lipinski definition) is 5. The fraction of sp³-hybridized carbons (Fsp3) is 0.421. The zero-order valence-electron chi connectivity index (χ0n) is 14.9. The molecule has 138 valence electrons. The van der Waals surface area contributed by atoms with Gasteiger partial charge in [0.25, 0.3) is 5.91 Å². The molecule has 1 fully saturated rings. The third-order valence-electron chi connectivity index (χ3n) is 4.49. The molecule has 0 bridgehead atoms. The molecule has 0 aliphatic heterocycles. The topological polar surface area (TPSA) is 73.3 Å². The van der Waals surface area contributed by atoms with Crippen LogP contribution in [0.5, 0.6) is 5.88 Å². The van der Waals surface area contributed by atoms with Gasteiger partial charge in [0.1, 0.15) is 11.9 Å². The molecular formula is C19H22FN3O3. The van der Waals surface area contributed by atoms with Crippen LogP contribution in [0.25, 0.3) is 0 Å². The molecule has 6 nitrogen and oxygen atoms in total. The summed E-state index contributed by atoms with van der Waals surface area (Å²) in [6, 6.07) is 5.66. The van der Waals surface area contributed by atoms with Crippen LogP contribution in [0, 0.1) is 12.7 Å². The number of amides is 1. The van der Waals surface area contributed by atoms with E-state index >= 15 is 0 Å². The van der Waals surface area contributed by atoms with E-state index < -0.39 is 5.91 Å². The van der Waals surface area contributed by atoms with E-state index in [0.717, 1.165) is 25.7 Å². The molecule has 26 heavy (non-hydrogen) atoms. The molecule has 0 saturated heterocycles. The summed E-state index contributed by atoms with van der Waals surface area (Å²) in [6.45, 7) is 1.67. The molecule has 0 spiro atoms. The largest absolute Gasteiger partial charge is 0.474 e. The van der Waals surface area contributed by atoms with E-state index in [-0.39, 0.29) is 24.0 Å².